The number of hydrogen-bond acceptors (Lipinski definition) is 4. The van der Waals surface area contributed by atoms with Crippen molar-refractivity contribution in [1.82, 2.24) is 9.80 Å². The van der Waals surface area contributed by atoms with Gasteiger partial charge >= 0.3 is 6.03 Å². The summed E-state index contributed by atoms with van der Waals surface area (Å²) in [6, 6.07) is 11.6. The maximum atomic E-state index is 13.5. The Balaban J connectivity index is 1.34. The van der Waals surface area contributed by atoms with E-state index in [0.29, 0.717) is 25.7 Å². The molecule has 1 saturated heterocycles. The van der Waals surface area contributed by atoms with Gasteiger partial charge in [0.1, 0.15) is 5.41 Å². The molecule has 0 N–H and O–H groups in total. The summed E-state index contributed by atoms with van der Waals surface area (Å²) >= 11 is 0. The average Bonchev–Trinajstić information content (AvgIpc) is 3.35. The van der Waals surface area contributed by atoms with Crippen molar-refractivity contribution >= 4 is 23.6 Å². The van der Waals surface area contributed by atoms with Crippen LogP contribution >= 0.6 is 0 Å². The Bertz CT molecular complexity index is 1200. The van der Waals surface area contributed by atoms with Crippen LogP contribution in [0.25, 0.3) is 0 Å². The number of fused-ring (bicyclic) bond motifs is 3. The van der Waals surface area contributed by atoms with E-state index in [9.17, 15) is 19.2 Å². The predicted molar refractivity (Wildman–Crippen MR) is 116 cm³/mol. The Labute approximate surface area is 186 Å². The molecule has 32 heavy (non-hydrogen) atoms. The van der Waals surface area contributed by atoms with E-state index < -0.39 is 23.3 Å². The molecule has 2 spiro atoms. The van der Waals surface area contributed by atoms with Gasteiger partial charge in [-0.25, -0.2) is 4.79 Å². The number of benzene rings is 2. The Morgan fingerprint density at radius 3 is 1.84 bits per heavy atom. The first kappa shape index (κ1) is 19.4. The van der Waals surface area contributed by atoms with Crippen LogP contribution in [0, 0.1) is 10.8 Å². The van der Waals surface area contributed by atoms with Crippen LogP contribution in [0.1, 0.15) is 44.6 Å². The first-order valence-electron chi connectivity index (χ1n) is 11.1. The third-order valence-electron chi connectivity index (χ3n) is 8.18. The van der Waals surface area contributed by atoms with Crippen LogP contribution in [0.2, 0.25) is 0 Å². The van der Waals surface area contributed by atoms with Crippen LogP contribution in [-0.4, -0.2) is 47.5 Å². The van der Waals surface area contributed by atoms with Gasteiger partial charge in [0.05, 0.1) is 0 Å². The van der Waals surface area contributed by atoms with E-state index in [1.54, 1.807) is 0 Å². The fourth-order valence-corrected chi connectivity index (χ4v) is 6.46. The second kappa shape index (κ2) is 6.15. The minimum absolute atomic E-state index is 0.242. The van der Waals surface area contributed by atoms with Crippen LogP contribution in [-0.2, 0) is 41.7 Å². The number of hydrogen-bond donors (Lipinski definition) is 0. The molecular formula is C26H24N2O4. The molecule has 1 heterocycles. The zero-order valence-electron chi connectivity index (χ0n) is 18.2. The maximum absolute atomic E-state index is 13.5. The molecule has 162 valence electrons. The maximum Gasteiger partial charge on any atom is 0.332 e. The molecular weight excluding hydrogens is 404 g/mol. The van der Waals surface area contributed by atoms with Crippen molar-refractivity contribution in [2.24, 2.45) is 10.8 Å². The lowest BCUT2D eigenvalue weighted by Crippen LogP contribution is -2.63. The van der Waals surface area contributed by atoms with Gasteiger partial charge in [-0.15, -0.1) is 0 Å². The van der Waals surface area contributed by atoms with Gasteiger partial charge in [0, 0.05) is 25.1 Å². The number of amides is 4. The average molecular weight is 428 g/mol. The van der Waals surface area contributed by atoms with Gasteiger partial charge < -0.3 is 0 Å². The highest BCUT2D eigenvalue weighted by Gasteiger charge is 2.58. The molecule has 0 aromatic heterocycles. The smallest absolute Gasteiger partial charge is 0.294 e. The lowest BCUT2D eigenvalue weighted by atomic mass is 9.68. The fraction of sp³-hybridized carbons (Fsp3) is 0.385. The summed E-state index contributed by atoms with van der Waals surface area (Å²) in [4.78, 5) is 53.9. The van der Waals surface area contributed by atoms with E-state index >= 15 is 0 Å². The van der Waals surface area contributed by atoms with Gasteiger partial charge in [0.15, 0.2) is 5.78 Å². The number of barbiturate groups is 1. The normalized spacial score (nSPS) is 22.6. The van der Waals surface area contributed by atoms with Crippen molar-refractivity contribution in [1.29, 1.82) is 0 Å². The molecule has 2 aromatic rings. The summed E-state index contributed by atoms with van der Waals surface area (Å²) in [7, 11) is 2.88. The number of imide groups is 2. The largest absolute Gasteiger partial charge is 0.332 e. The zero-order valence-corrected chi connectivity index (χ0v) is 18.2. The number of aryl methyl sites for hydroxylation is 1. The molecule has 4 aliphatic rings. The molecule has 3 aliphatic carbocycles. The summed E-state index contributed by atoms with van der Waals surface area (Å²) in [6.07, 6.45) is 3.78. The number of ketones is 1. The highest BCUT2D eigenvalue weighted by molar-refractivity contribution is 6.19. The SMILES string of the molecule is CN1C(=O)N(C)C(=O)C2(Cc3cc4c(cc3C2)CC2(CCc3ccccc3C2=O)C4)C1=O. The molecule has 6 nitrogen and oxygen atoms in total. The minimum Gasteiger partial charge on any atom is -0.294 e. The standard InChI is InChI=1S/C26H24N2O4/c1-27-22(30)26(23(31)28(2)24(27)32)13-18-9-16-11-25(12-17(16)10-19(18)14-26)8-7-15-5-3-4-6-20(15)21(25)29/h3-6,9-10H,7-8,11-14H2,1-2H3. The second-order valence-corrected chi connectivity index (χ2v) is 9.96. The van der Waals surface area contributed by atoms with E-state index in [1.165, 1.54) is 14.1 Å². The van der Waals surface area contributed by atoms with E-state index in [0.717, 1.165) is 56.0 Å². The number of rotatable bonds is 0. The fourth-order valence-electron chi connectivity index (χ4n) is 6.46. The molecule has 1 fully saturated rings. The van der Waals surface area contributed by atoms with Gasteiger partial charge in [0.2, 0.25) is 11.8 Å². The number of carbonyl (C=O) groups is 4. The van der Waals surface area contributed by atoms with Crippen molar-refractivity contribution in [3.8, 4) is 0 Å². The van der Waals surface area contributed by atoms with Gasteiger partial charge in [0.25, 0.3) is 0 Å². The molecule has 6 rings (SSSR count). The lowest BCUT2D eigenvalue weighted by Gasteiger charge is -2.39. The molecule has 0 atom stereocenters. The highest BCUT2D eigenvalue weighted by Crippen LogP contribution is 2.49. The Morgan fingerprint density at radius 1 is 0.719 bits per heavy atom. The van der Waals surface area contributed by atoms with Gasteiger partial charge in [-0.3, -0.25) is 24.2 Å². The zero-order chi connectivity index (χ0) is 22.4. The van der Waals surface area contributed by atoms with Gasteiger partial charge in [-0.05, 0) is 66.3 Å². The van der Waals surface area contributed by atoms with Crippen molar-refractivity contribution in [3.63, 3.8) is 0 Å². The molecule has 0 radical (unpaired) electrons. The van der Waals surface area contributed by atoms with Crippen LogP contribution in [0.15, 0.2) is 36.4 Å². The molecule has 6 heteroatoms. The van der Waals surface area contributed by atoms with E-state index in [2.05, 4.69) is 12.1 Å². The van der Waals surface area contributed by atoms with Crippen molar-refractivity contribution in [2.45, 2.75) is 38.5 Å². The monoisotopic (exact) mass is 428 g/mol. The summed E-state index contributed by atoms with van der Waals surface area (Å²) in [5, 5.41) is 0. The number of carbonyl (C=O) groups excluding carboxylic acids is 4. The highest BCUT2D eigenvalue weighted by atomic mass is 16.2. The molecule has 4 amide bonds. The number of urea groups is 1. The van der Waals surface area contributed by atoms with E-state index in [1.807, 2.05) is 24.3 Å². The van der Waals surface area contributed by atoms with Crippen molar-refractivity contribution in [3.05, 3.63) is 69.8 Å². The summed E-state index contributed by atoms with van der Waals surface area (Å²) in [5.41, 5.74) is 4.67. The summed E-state index contributed by atoms with van der Waals surface area (Å²) in [5.74, 6) is -0.596. The molecule has 0 bridgehead atoms. The van der Waals surface area contributed by atoms with Crippen LogP contribution in [0.4, 0.5) is 4.79 Å². The third-order valence-corrected chi connectivity index (χ3v) is 8.18. The predicted octanol–water partition coefficient (Wildman–Crippen LogP) is 2.74. The topological polar surface area (TPSA) is 74.8 Å². The van der Waals surface area contributed by atoms with E-state index in [4.69, 9.17) is 0 Å². The Hall–Kier alpha value is -3.28. The summed E-state index contributed by atoms with van der Waals surface area (Å²) < 4.78 is 0. The first-order valence-corrected chi connectivity index (χ1v) is 11.1. The quantitative estimate of drug-likeness (QED) is 0.605. The second-order valence-electron chi connectivity index (χ2n) is 9.96. The van der Waals surface area contributed by atoms with Crippen LogP contribution in [0.3, 0.4) is 0 Å². The Kier molecular flexibility index (Phi) is 3.73. The molecule has 1 aliphatic heterocycles. The lowest BCUT2D eigenvalue weighted by molar-refractivity contribution is -0.156. The number of nitrogens with zero attached hydrogens (tertiary/aromatic N) is 2. The van der Waals surface area contributed by atoms with Crippen LogP contribution < -0.4 is 0 Å². The summed E-state index contributed by atoms with van der Waals surface area (Å²) in [6.45, 7) is 0. The van der Waals surface area contributed by atoms with Gasteiger partial charge in [-0.2, -0.15) is 0 Å². The van der Waals surface area contributed by atoms with Gasteiger partial charge in [-0.1, -0.05) is 36.4 Å². The van der Waals surface area contributed by atoms with E-state index in [-0.39, 0.29) is 11.2 Å². The number of Topliss-reactive ketones (excluding diaryl/α,β-unsaturated/α-hetero) is 1. The molecule has 2 aromatic carbocycles. The van der Waals surface area contributed by atoms with Crippen LogP contribution in [0.5, 0.6) is 0 Å². The molecule has 0 saturated carbocycles. The molecule has 0 unspecified atom stereocenters. The third kappa shape index (κ3) is 2.30. The first-order chi connectivity index (χ1) is 15.3. The minimum atomic E-state index is -1.23. The van der Waals surface area contributed by atoms with Crippen molar-refractivity contribution < 1.29 is 19.2 Å². The Morgan fingerprint density at radius 2 is 1.25 bits per heavy atom. The van der Waals surface area contributed by atoms with Crippen molar-refractivity contribution in [2.75, 3.05) is 14.1 Å².